The van der Waals surface area contributed by atoms with Gasteiger partial charge in [0.25, 0.3) is 0 Å². The van der Waals surface area contributed by atoms with Crippen molar-refractivity contribution in [2.45, 2.75) is 32.4 Å². The number of aryl methyl sites for hydroxylation is 2. The first-order valence-electron chi connectivity index (χ1n) is 8.88. The van der Waals surface area contributed by atoms with E-state index in [-0.39, 0.29) is 36.9 Å². The van der Waals surface area contributed by atoms with Crippen LogP contribution in [-0.4, -0.2) is 48.9 Å². The van der Waals surface area contributed by atoms with E-state index < -0.39 is 17.4 Å². The van der Waals surface area contributed by atoms with Gasteiger partial charge in [-0.15, -0.1) is 0 Å². The van der Waals surface area contributed by atoms with Crippen molar-refractivity contribution in [2.75, 3.05) is 25.6 Å². The van der Waals surface area contributed by atoms with Gasteiger partial charge in [-0.1, -0.05) is 17.7 Å². The maximum Gasteiger partial charge on any atom is 0.250 e. The van der Waals surface area contributed by atoms with Crippen molar-refractivity contribution in [3.05, 3.63) is 28.8 Å². The summed E-state index contributed by atoms with van der Waals surface area (Å²) in [4.78, 5) is 40.4. The molecule has 0 aromatic heterocycles. The number of rotatable bonds is 3. The quantitative estimate of drug-likeness (QED) is 0.777. The van der Waals surface area contributed by atoms with E-state index in [9.17, 15) is 14.4 Å². The Hall–Kier alpha value is -2.25. The van der Waals surface area contributed by atoms with Gasteiger partial charge < -0.3 is 10.1 Å². The molecule has 26 heavy (non-hydrogen) atoms. The molecule has 3 amide bonds. The summed E-state index contributed by atoms with van der Waals surface area (Å²) in [6, 6.07) is 3.67. The Bertz CT molecular complexity index is 836. The fourth-order valence-corrected chi connectivity index (χ4v) is 4.88. The number of benzene rings is 1. The van der Waals surface area contributed by atoms with E-state index in [4.69, 9.17) is 4.74 Å². The molecule has 3 heterocycles. The van der Waals surface area contributed by atoms with Crippen molar-refractivity contribution in [1.82, 2.24) is 10.2 Å². The molecule has 2 N–H and O–H groups in total. The highest BCUT2D eigenvalue weighted by Crippen LogP contribution is 2.53. The fourth-order valence-electron chi connectivity index (χ4n) is 4.88. The smallest absolute Gasteiger partial charge is 0.250 e. The van der Waals surface area contributed by atoms with E-state index in [0.29, 0.717) is 0 Å². The number of fused-ring (bicyclic) bond motifs is 4. The molecule has 1 spiro atoms. The number of amides is 3. The number of ether oxygens (including phenoxy) is 1. The molecular weight excluding hydrogens is 334 g/mol. The van der Waals surface area contributed by atoms with Crippen molar-refractivity contribution >= 4 is 23.4 Å². The standard InChI is InChI=1S/C19H23N3O4/c1-9-7-10(2)15-12(8-9)19(18(25)20-15)14-13(11(3)21-19)16(23)22(17(14)24)5-6-26-4/h7-8,11,13-14,21H,5-6H2,1-4H3,(H,20,25)/t11-,13-,14+,19-/m1/s1. The Kier molecular flexibility index (Phi) is 3.71. The van der Waals surface area contributed by atoms with Crippen LogP contribution in [0.2, 0.25) is 0 Å². The average molecular weight is 357 g/mol. The summed E-state index contributed by atoms with van der Waals surface area (Å²) in [5.74, 6) is -2.05. The predicted octanol–water partition coefficient (Wildman–Crippen LogP) is 0.690. The van der Waals surface area contributed by atoms with Gasteiger partial charge in [0.1, 0.15) is 5.54 Å². The molecule has 3 aliphatic rings. The molecule has 3 aliphatic heterocycles. The highest BCUT2D eigenvalue weighted by Gasteiger charge is 2.69. The number of nitrogens with zero attached hydrogens (tertiary/aromatic N) is 1. The van der Waals surface area contributed by atoms with E-state index in [1.165, 1.54) is 12.0 Å². The molecule has 2 saturated heterocycles. The lowest BCUT2D eigenvalue weighted by molar-refractivity contribution is -0.143. The van der Waals surface area contributed by atoms with Crippen molar-refractivity contribution in [2.24, 2.45) is 11.8 Å². The van der Waals surface area contributed by atoms with Crippen molar-refractivity contribution in [3.63, 3.8) is 0 Å². The number of hydrogen-bond donors (Lipinski definition) is 2. The first-order valence-corrected chi connectivity index (χ1v) is 8.88. The number of carbonyl (C=O) groups excluding carboxylic acids is 3. The maximum atomic E-state index is 13.2. The summed E-state index contributed by atoms with van der Waals surface area (Å²) < 4.78 is 5.03. The van der Waals surface area contributed by atoms with Gasteiger partial charge in [-0.25, -0.2) is 0 Å². The highest BCUT2D eigenvalue weighted by atomic mass is 16.5. The van der Waals surface area contributed by atoms with Crippen LogP contribution in [0.25, 0.3) is 0 Å². The van der Waals surface area contributed by atoms with Gasteiger partial charge in [0.05, 0.1) is 25.0 Å². The highest BCUT2D eigenvalue weighted by molar-refractivity contribution is 6.15. The van der Waals surface area contributed by atoms with Crippen LogP contribution < -0.4 is 10.6 Å². The Morgan fingerprint density at radius 1 is 1.19 bits per heavy atom. The Morgan fingerprint density at radius 2 is 1.92 bits per heavy atom. The zero-order valence-corrected chi connectivity index (χ0v) is 15.4. The number of carbonyl (C=O) groups is 3. The summed E-state index contributed by atoms with van der Waals surface area (Å²) in [7, 11) is 1.53. The van der Waals surface area contributed by atoms with Crippen LogP contribution in [0, 0.1) is 25.7 Å². The first-order chi connectivity index (χ1) is 12.3. The molecule has 7 nitrogen and oxygen atoms in total. The van der Waals surface area contributed by atoms with Gasteiger partial charge in [-0.2, -0.15) is 0 Å². The van der Waals surface area contributed by atoms with Gasteiger partial charge in [0, 0.05) is 24.4 Å². The van der Waals surface area contributed by atoms with Crippen LogP contribution in [0.15, 0.2) is 12.1 Å². The minimum Gasteiger partial charge on any atom is -0.383 e. The largest absolute Gasteiger partial charge is 0.383 e. The van der Waals surface area contributed by atoms with Gasteiger partial charge in [-0.3, -0.25) is 24.6 Å². The molecule has 4 rings (SSSR count). The third kappa shape index (κ3) is 1.98. The molecular formula is C19H23N3O4. The third-order valence-electron chi connectivity index (χ3n) is 5.92. The third-order valence-corrected chi connectivity index (χ3v) is 5.92. The Balaban J connectivity index is 1.86. The van der Waals surface area contributed by atoms with Gasteiger partial charge in [0.15, 0.2) is 0 Å². The van der Waals surface area contributed by atoms with Crippen LogP contribution in [0.4, 0.5) is 5.69 Å². The number of methoxy groups -OCH3 is 1. The van der Waals surface area contributed by atoms with E-state index in [2.05, 4.69) is 10.6 Å². The van der Waals surface area contributed by atoms with Gasteiger partial charge in [-0.05, 0) is 26.3 Å². The molecule has 4 atom stereocenters. The summed E-state index contributed by atoms with van der Waals surface area (Å²) in [5.41, 5.74) is 2.30. The van der Waals surface area contributed by atoms with Crippen LogP contribution in [-0.2, 0) is 24.7 Å². The minimum atomic E-state index is -1.19. The number of anilines is 1. The number of hydrogen-bond acceptors (Lipinski definition) is 5. The lowest BCUT2D eigenvalue weighted by atomic mass is 9.76. The normalized spacial score (nSPS) is 32.4. The molecule has 0 aliphatic carbocycles. The van der Waals surface area contributed by atoms with Crippen LogP contribution >= 0.6 is 0 Å². The zero-order valence-electron chi connectivity index (χ0n) is 15.4. The first kappa shape index (κ1) is 17.2. The molecule has 0 radical (unpaired) electrons. The van der Waals surface area contributed by atoms with Crippen molar-refractivity contribution in [1.29, 1.82) is 0 Å². The molecule has 0 saturated carbocycles. The van der Waals surface area contributed by atoms with E-state index in [0.717, 1.165) is 22.4 Å². The molecule has 0 bridgehead atoms. The lowest BCUT2D eigenvalue weighted by Crippen LogP contribution is -2.53. The van der Waals surface area contributed by atoms with Crippen molar-refractivity contribution < 1.29 is 19.1 Å². The second-order valence-corrected chi connectivity index (χ2v) is 7.52. The number of likely N-dealkylation sites (tertiary alicyclic amines) is 1. The number of nitrogens with one attached hydrogen (secondary N) is 2. The second kappa shape index (κ2) is 5.62. The monoisotopic (exact) mass is 357 g/mol. The topological polar surface area (TPSA) is 87.7 Å². The Labute approximate surface area is 152 Å². The van der Waals surface area contributed by atoms with E-state index in [1.54, 1.807) is 0 Å². The minimum absolute atomic E-state index is 0.214. The lowest BCUT2D eigenvalue weighted by Gasteiger charge is -2.29. The van der Waals surface area contributed by atoms with Gasteiger partial charge >= 0.3 is 0 Å². The summed E-state index contributed by atoms with van der Waals surface area (Å²) in [6.07, 6.45) is 0. The van der Waals surface area contributed by atoms with E-state index in [1.807, 2.05) is 32.9 Å². The predicted molar refractivity (Wildman–Crippen MR) is 94.4 cm³/mol. The maximum absolute atomic E-state index is 13.2. The summed E-state index contributed by atoms with van der Waals surface area (Å²) >= 11 is 0. The molecule has 2 fully saturated rings. The van der Waals surface area contributed by atoms with Crippen molar-refractivity contribution in [3.8, 4) is 0 Å². The SMILES string of the molecule is COCCN1C(=O)[C@H]2[C@@H](C1=O)[C@@]1(N[C@@H]2C)C(=O)Nc2c(C)cc(C)cc21. The average Bonchev–Trinajstić information content (AvgIpc) is 3.13. The molecule has 138 valence electrons. The van der Waals surface area contributed by atoms with E-state index >= 15 is 0 Å². The molecule has 1 aromatic rings. The fraction of sp³-hybridized carbons (Fsp3) is 0.526. The summed E-state index contributed by atoms with van der Waals surface area (Å²) in [5, 5.41) is 6.26. The summed E-state index contributed by atoms with van der Waals surface area (Å²) in [6.45, 7) is 6.27. The number of imide groups is 1. The van der Waals surface area contributed by atoms with Gasteiger partial charge in [0.2, 0.25) is 17.7 Å². The zero-order chi connectivity index (χ0) is 18.8. The second-order valence-electron chi connectivity index (χ2n) is 7.52. The molecule has 7 heteroatoms. The van der Waals surface area contributed by atoms with Crippen LogP contribution in [0.1, 0.15) is 23.6 Å². The Morgan fingerprint density at radius 3 is 2.62 bits per heavy atom. The van der Waals surface area contributed by atoms with Crippen LogP contribution in [0.3, 0.4) is 0 Å². The molecule has 1 aromatic carbocycles. The van der Waals surface area contributed by atoms with Crippen LogP contribution in [0.5, 0.6) is 0 Å². The molecule has 0 unspecified atom stereocenters.